The molecule has 0 saturated carbocycles. The number of aromatic nitrogens is 1. The summed E-state index contributed by atoms with van der Waals surface area (Å²) in [7, 11) is 0. The van der Waals surface area contributed by atoms with Crippen LogP contribution in [0.1, 0.15) is 5.69 Å². The quantitative estimate of drug-likeness (QED) is 0.700. The summed E-state index contributed by atoms with van der Waals surface area (Å²) >= 11 is 0. The minimum atomic E-state index is 0. The van der Waals surface area contributed by atoms with E-state index >= 15 is 0 Å². The van der Waals surface area contributed by atoms with Gasteiger partial charge < -0.3 is 0 Å². The third kappa shape index (κ3) is 2.49. The molecule has 1 aromatic rings. The van der Waals surface area contributed by atoms with Crippen LogP contribution in [0, 0.1) is 38.0 Å². The Hall–Kier alpha value is 0.202. The van der Waals surface area contributed by atoms with Gasteiger partial charge in [0.2, 0.25) is 0 Å². The van der Waals surface area contributed by atoms with Crippen molar-refractivity contribution in [3.8, 4) is 0 Å². The molecule has 40 valence electrons. The predicted molar refractivity (Wildman–Crippen MR) is 29.0 cm³/mol. The van der Waals surface area contributed by atoms with Crippen LogP contribution in [-0.4, -0.2) is 4.98 Å². The van der Waals surface area contributed by atoms with Gasteiger partial charge in [-0.3, -0.25) is 4.98 Å². The van der Waals surface area contributed by atoms with Crippen LogP contribution in [-0.2, 0) is 0 Å². The van der Waals surface area contributed by atoms with Crippen molar-refractivity contribution < 1.29 is 31.1 Å². The largest absolute Gasteiger partial charge is 0.262 e. The van der Waals surface area contributed by atoms with Crippen LogP contribution < -0.4 is 0 Å². The predicted octanol–water partition coefficient (Wildman–Crippen LogP) is 1.39. The van der Waals surface area contributed by atoms with Crippen LogP contribution in [0.15, 0.2) is 24.4 Å². The number of nitrogens with zero attached hydrogens (tertiary/aromatic N) is 1. The first-order valence-electron chi connectivity index (χ1n) is 2.27. The summed E-state index contributed by atoms with van der Waals surface area (Å²) in [5.41, 5.74) is 1.07. The average Bonchev–Trinajstić information content (AvgIpc) is 1.69. The molecule has 0 amide bonds. The third-order valence-corrected chi connectivity index (χ3v) is 0.813. The molecule has 0 radical (unpaired) electrons. The van der Waals surface area contributed by atoms with Gasteiger partial charge in [0.25, 0.3) is 0 Å². The topological polar surface area (TPSA) is 12.9 Å². The van der Waals surface area contributed by atoms with Crippen molar-refractivity contribution in [3.05, 3.63) is 30.1 Å². The fraction of sp³-hybridized carbons (Fsp3) is 0.167. The van der Waals surface area contributed by atoms with Gasteiger partial charge in [-0.25, -0.2) is 0 Å². The van der Waals surface area contributed by atoms with Crippen molar-refractivity contribution in [2.45, 2.75) is 6.92 Å². The summed E-state index contributed by atoms with van der Waals surface area (Å²) in [6.07, 6.45) is 1.79. The SMILES string of the molecule is Cc1ccccn1.[U]. The molecule has 0 aliphatic rings. The van der Waals surface area contributed by atoms with Crippen molar-refractivity contribution in [3.63, 3.8) is 0 Å². The van der Waals surface area contributed by atoms with Crippen molar-refractivity contribution in [1.29, 1.82) is 0 Å². The first kappa shape index (κ1) is 8.20. The molecule has 0 unspecified atom stereocenters. The first-order chi connectivity index (χ1) is 3.39. The van der Waals surface area contributed by atoms with Crippen LogP contribution in [0.2, 0.25) is 0 Å². The number of hydrogen-bond donors (Lipinski definition) is 0. The van der Waals surface area contributed by atoms with Gasteiger partial charge in [0.15, 0.2) is 0 Å². The van der Waals surface area contributed by atoms with E-state index in [0.717, 1.165) is 5.69 Å². The monoisotopic (exact) mass is 331 g/mol. The van der Waals surface area contributed by atoms with E-state index in [9.17, 15) is 0 Å². The maximum Gasteiger partial charge on any atom is 0.0372 e. The van der Waals surface area contributed by atoms with E-state index in [1.807, 2.05) is 25.1 Å². The zero-order chi connectivity index (χ0) is 5.11. The second-order valence-corrected chi connectivity index (χ2v) is 1.47. The Bertz CT molecular complexity index is 138. The van der Waals surface area contributed by atoms with Crippen LogP contribution in [0.3, 0.4) is 0 Å². The van der Waals surface area contributed by atoms with Gasteiger partial charge >= 0.3 is 0 Å². The van der Waals surface area contributed by atoms with Crippen LogP contribution >= 0.6 is 0 Å². The standard InChI is InChI=1S/C6H7N.U/c1-6-4-2-3-5-7-6;/h2-5H,1H3;. The zero-order valence-corrected chi connectivity index (χ0v) is 8.92. The number of rotatable bonds is 0. The Balaban J connectivity index is 0.000000490. The summed E-state index contributed by atoms with van der Waals surface area (Å²) in [4.78, 5) is 3.98. The summed E-state index contributed by atoms with van der Waals surface area (Å²) < 4.78 is 0. The molecule has 1 nitrogen and oxygen atoms in total. The Kier molecular flexibility index (Phi) is 4.22. The molecule has 0 aliphatic carbocycles. The Morgan fingerprint density at radius 2 is 2.12 bits per heavy atom. The van der Waals surface area contributed by atoms with Crippen LogP contribution in [0.5, 0.6) is 0 Å². The second-order valence-electron chi connectivity index (χ2n) is 1.47. The molecular formula is C6H7NU. The van der Waals surface area contributed by atoms with Gasteiger partial charge in [-0.15, -0.1) is 0 Å². The maximum atomic E-state index is 3.98. The van der Waals surface area contributed by atoms with E-state index in [-0.39, 0.29) is 31.1 Å². The molecule has 1 aromatic heterocycles. The van der Waals surface area contributed by atoms with E-state index in [1.54, 1.807) is 6.20 Å². The summed E-state index contributed by atoms with van der Waals surface area (Å²) in [6.45, 7) is 1.97. The van der Waals surface area contributed by atoms with Crippen LogP contribution in [0.25, 0.3) is 0 Å². The van der Waals surface area contributed by atoms with E-state index in [0.29, 0.717) is 0 Å². The van der Waals surface area contributed by atoms with E-state index in [2.05, 4.69) is 4.98 Å². The summed E-state index contributed by atoms with van der Waals surface area (Å²) in [6, 6.07) is 5.86. The molecule has 2 heteroatoms. The maximum absolute atomic E-state index is 3.98. The number of aryl methyl sites for hydroxylation is 1. The third-order valence-electron chi connectivity index (χ3n) is 0.813. The van der Waals surface area contributed by atoms with Crippen LogP contribution in [0.4, 0.5) is 0 Å². The Labute approximate surface area is 72.9 Å². The molecular weight excluding hydrogens is 324 g/mol. The fourth-order valence-corrected chi connectivity index (χ4v) is 0.448. The number of pyridine rings is 1. The molecule has 0 N–H and O–H groups in total. The molecule has 0 spiro atoms. The van der Waals surface area contributed by atoms with Gasteiger partial charge in [-0.1, -0.05) is 6.07 Å². The molecule has 8 heavy (non-hydrogen) atoms. The second kappa shape index (κ2) is 4.12. The average molecular weight is 331 g/mol. The van der Waals surface area contributed by atoms with Gasteiger partial charge in [0.05, 0.1) is 0 Å². The minimum Gasteiger partial charge on any atom is -0.262 e. The van der Waals surface area contributed by atoms with Crippen molar-refractivity contribution in [2.24, 2.45) is 0 Å². The molecule has 0 aromatic carbocycles. The molecule has 0 bridgehead atoms. The normalized spacial score (nSPS) is 7.62. The molecule has 0 fully saturated rings. The van der Waals surface area contributed by atoms with E-state index < -0.39 is 0 Å². The van der Waals surface area contributed by atoms with Gasteiger partial charge in [0.1, 0.15) is 0 Å². The first-order valence-corrected chi connectivity index (χ1v) is 2.27. The fourth-order valence-electron chi connectivity index (χ4n) is 0.448. The molecule has 1 heterocycles. The Morgan fingerprint density at radius 3 is 2.38 bits per heavy atom. The molecule has 0 atom stereocenters. The van der Waals surface area contributed by atoms with Crippen molar-refractivity contribution in [1.82, 2.24) is 4.98 Å². The minimum absolute atomic E-state index is 0. The van der Waals surface area contributed by atoms with Crippen molar-refractivity contribution >= 4 is 0 Å². The van der Waals surface area contributed by atoms with E-state index in [4.69, 9.17) is 0 Å². The molecule has 1 rings (SSSR count). The zero-order valence-electron chi connectivity index (χ0n) is 4.76. The van der Waals surface area contributed by atoms with Crippen molar-refractivity contribution in [2.75, 3.05) is 0 Å². The molecule has 0 saturated heterocycles. The molecule has 0 aliphatic heterocycles. The van der Waals surface area contributed by atoms with Gasteiger partial charge in [0, 0.05) is 43.0 Å². The van der Waals surface area contributed by atoms with Gasteiger partial charge in [-0.2, -0.15) is 0 Å². The smallest absolute Gasteiger partial charge is 0.0372 e. The van der Waals surface area contributed by atoms with Gasteiger partial charge in [-0.05, 0) is 19.1 Å². The summed E-state index contributed by atoms with van der Waals surface area (Å²) in [5, 5.41) is 0. The van der Waals surface area contributed by atoms with E-state index in [1.165, 1.54) is 0 Å². The Morgan fingerprint density at radius 1 is 1.38 bits per heavy atom. The number of hydrogen-bond acceptors (Lipinski definition) is 1. The summed E-state index contributed by atoms with van der Waals surface area (Å²) in [5.74, 6) is 0.